The van der Waals surface area contributed by atoms with Crippen molar-refractivity contribution in [3.05, 3.63) is 29.3 Å². The van der Waals surface area contributed by atoms with Crippen molar-refractivity contribution in [2.75, 3.05) is 13.7 Å². The van der Waals surface area contributed by atoms with Gasteiger partial charge in [-0.05, 0) is 55.4 Å². The predicted molar refractivity (Wildman–Crippen MR) is 80.7 cm³/mol. The van der Waals surface area contributed by atoms with Crippen LogP contribution in [0.1, 0.15) is 49.3 Å². The standard InChI is InChI=1S/C17H23NO3/c1-21-14-8-5-12-3-2-4-16(15(12)11-14)18(13-6-7-13)10-9-17(19)20/h5,8,11,13,16H,2-4,6-7,9-10H2,1H3,(H,19,20). The molecule has 2 aliphatic rings. The minimum absolute atomic E-state index is 0.228. The number of rotatable bonds is 6. The van der Waals surface area contributed by atoms with Gasteiger partial charge in [-0.15, -0.1) is 0 Å². The van der Waals surface area contributed by atoms with Crippen molar-refractivity contribution in [3.8, 4) is 5.75 Å². The summed E-state index contributed by atoms with van der Waals surface area (Å²) in [5, 5.41) is 8.99. The number of aliphatic carboxylic acids is 1. The summed E-state index contributed by atoms with van der Waals surface area (Å²) in [6.45, 7) is 0.654. The Morgan fingerprint density at radius 2 is 2.19 bits per heavy atom. The van der Waals surface area contributed by atoms with Crippen molar-refractivity contribution < 1.29 is 14.6 Å². The fourth-order valence-corrected chi connectivity index (χ4v) is 3.45. The Morgan fingerprint density at radius 1 is 1.38 bits per heavy atom. The van der Waals surface area contributed by atoms with Crippen molar-refractivity contribution >= 4 is 5.97 Å². The lowest BCUT2D eigenvalue weighted by atomic mass is 9.86. The van der Waals surface area contributed by atoms with E-state index in [1.807, 2.05) is 6.07 Å². The first-order valence-electron chi connectivity index (χ1n) is 7.83. The van der Waals surface area contributed by atoms with Crippen LogP contribution in [0.25, 0.3) is 0 Å². The number of hydrogen-bond acceptors (Lipinski definition) is 3. The van der Waals surface area contributed by atoms with Gasteiger partial charge in [0.05, 0.1) is 13.5 Å². The summed E-state index contributed by atoms with van der Waals surface area (Å²) < 4.78 is 5.37. The van der Waals surface area contributed by atoms with E-state index in [0.29, 0.717) is 18.6 Å². The fraction of sp³-hybridized carbons (Fsp3) is 0.588. The van der Waals surface area contributed by atoms with Crippen LogP contribution in [0.2, 0.25) is 0 Å². The molecule has 0 aromatic heterocycles. The summed E-state index contributed by atoms with van der Waals surface area (Å²) in [4.78, 5) is 13.4. The zero-order valence-corrected chi connectivity index (χ0v) is 12.5. The molecule has 1 N–H and O–H groups in total. The minimum Gasteiger partial charge on any atom is -0.497 e. The summed E-state index contributed by atoms with van der Waals surface area (Å²) in [6.07, 6.45) is 6.06. The van der Waals surface area contributed by atoms with Crippen LogP contribution < -0.4 is 4.74 Å². The lowest BCUT2D eigenvalue weighted by Gasteiger charge is -2.36. The third-order valence-electron chi connectivity index (χ3n) is 4.64. The molecule has 0 heterocycles. The number of ether oxygens (including phenoxy) is 1. The molecule has 0 bridgehead atoms. The molecule has 1 saturated carbocycles. The van der Waals surface area contributed by atoms with Gasteiger partial charge in [0.2, 0.25) is 0 Å². The van der Waals surface area contributed by atoms with Crippen molar-refractivity contribution in [3.63, 3.8) is 0 Å². The number of hydrogen-bond donors (Lipinski definition) is 1. The maximum atomic E-state index is 10.9. The highest BCUT2D eigenvalue weighted by molar-refractivity contribution is 5.66. The monoisotopic (exact) mass is 289 g/mol. The van der Waals surface area contributed by atoms with E-state index in [9.17, 15) is 4.79 Å². The molecule has 0 aliphatic heterocycles. The fourth-order valence-electron chi connectivity index (χ4n) is 3.45. The third-order valence-corrected chi connectivity index (χ3v) is 4.64. The van der Waals surface area contributed by atoms with E-state index in [2.05, 4.69) is 17.0 Å². The van der Waals surface area contributed by atoms with E-state index in [-0.39, 0.29) is 6.42 Å². The van der Waals surface area contributed by atoms with Crippen molar-refractivity contribution in [1.29, 1.82) is 0 Å². The molecule has 114 valence electrons. The highest BCUT2D eigenvalue weighted by Crippen LogP contribution is 2.41. The van der Waals surface area contributed by atoms with Crippen LogP contribution in [0.3, 0.4) is 0 Å². The smallest absolute Gasteiger partial charge is 0.304 e. The first-order valence-corrected chi connectivity index (χ1v) is 7.83. The van der Waals surface area contributed by atoms with Crippen LogP contribution in [0.4, 0.5) is 0 Å². The largest absolute Gasteiger partial charge is 0.497 e. The molecular formula is C17H23NO3. The van der Waals surface area contributed by atoms with Crippen LogP contribution in [0.15, 0.2) is 18.2 Å². The number of methoxy groups -OCH3 is 1. The molecule has 2 aliphatic carbocycles. The summed E-state index contributed by atoms with van der Waals surface area (Å²) in [5.74, 6) is 0.192. The van der Waals surface area contributed by atoms with E-state index in [1.54, 1.807) is 7.11 Å². The second-order valence-electron chi connectivity index (χ2n) is 6.09. The lowest BCUT2D eigenvalue weighted by molar-refractivity contribution is -0.137. The Morgan fingerprint density at radius 3 is 2.86 bits per heavy atom. The van der Waals surface area contributed by atoms with Gasteiger partial charge in [0.1, 0.15) is 5.75 Å². The first-order chi connectivity index (χ1) is 10.2. The topological polar surface area (TPSA) is 49.8 Å². The Labute approximate surface area is 125 Å². The van der Waals surface area contributed by atoms with E-state index < -0.39 is 5.97 Å². The Kier molecular flexibility index (Phi) is 4.15. The summed E-state index contributed by atoms with van der Waals surface area (Å²) in [6, 6.07) is 7.28. The van der Waals surface area contributed by atoms with Gasteiger partial charge in [0.15, 0.2) is 0 Å². The number of nitrogens with zero attached hydrogens (tertiary/aromatic N) is 1. The number of fused-ring (bicyclic) bond motifs is 1. The number of carboxylic acid groups (broad SMARTS) is 1. The first kappa shape index (κ1) is 14.4. The van der Waals surface area contributed by atoms with E-state index in [1.165, 1.54) is 30.4 Å². The van der Waals surface area contributed by atoms with Gasteiger partial charge in [-0.2, -0.15) is 0 Å². The summed E-state index contributed by atoms with van der Waals surface area (Å²) in [5.41, 5.74) is 2.74. The molecule has 1 aromatic rings. The number of aryl methyl sites for hydroxylation is 1. The molecule has 21 heavy (non-hydrogen) atoms. The molecule has 1 fully saturated rings. The number of carbonyl (C=O) groups is 1. The molecule has 1 unspecified atom stereocenters. The molecule has 4 heteroatoms. The van der Waals surface area contributed by atoms with E-state index >= 15 is 0 Å². The quantitative estimate of drug-likeness (QED) is 0.874. The van der Waals surface area contributed by atoms with Crippen molar-refractivity contribution in [2.45, 2.75) is 50.6 Å². The summed E-state index contributed by atoms with van der Waals surface area (Å²) in [7, 11) is 1.70. The zero-order chi connectivity index (χ0) is 14.8. The Hall–Kier alpha value is -1.55. The zero-order valence-electron chi connectivity index (χ0n) is 12.5. The second-order valence-corrected chi connectivity index (χ2v) is 6.09. The summed E-state index contributed by atoms with van der Waals surface area (Å²) >= 11 is 0. The lowest BCUT2D eigenvalue weighted by Crippen LogP contribution is -2.35. The van der Waals surface area contributed by atoms with Crippen LogP contribution in [-0.2, 0) is 11.2 Å². The van der Waals surface area contributed by atoms with E-state index in [4.69, 9.17) is 9.84 Å². The maximum Gasteiger partial charge on any atom is 0.304 e. The maximum absolute atomic E-state index is 10.9. The normalized spacial score (nSPS) is 21.1. The van der Waals surface area contributed by atoms with E-state index in [0.717, 1.165) is 18.6 Å². The highest BCUT2D eigenvalue weighted by atomic mass is 16.5. The molecule has 1 atom stereocenters. The average Bonchev–Trinajstić information content (AvgIpc) is 3.31. The van der Waals surface area contributed by atoms with Gasteiger partial charge < -0.3 is 9.84 Å². The number of benzene rings is 1. The Balaban J connectivity index is 1.85. The molecule has 0 amide bonds. The minimum atomic E-state index is -0.706. The molecule has 1 aromatic carbocycles. The Bertz CT molecular complexity index is 525. The molecule has 0 spiro atoms. The molecule has 4 nitrogen and oxygen atoms in total. The average molecular weight is 289 g/mol. The van der Waals surface area contributed by atoms with Crippen LogP contribution in [-0.4, -0.2) is 35.7 Å². The van der Waals surface area contributed by atoms with Gasteiger partial charge in [-0.25, -0.2) is 0 Å². The third kappa shape index (κ3) is 3.21. The molecular weight excluding hydrogens is 266 g/mol. The number of carboxylic acids is 1. The van der Waals surface area contributed by atoms with Gasteiger partial charge in [-0.3, -0.25) is 9.69 Å². The van der Waals surface area contributed by atoms with Crippen LogP contribution >= 0.6 is 0 Å². The molecule has 0 radical (unpaired) electrons. The van der Waals surface area contributed by atoms with Gasteiger partial charge >= 0.3 is 5.97 Å². The van der Waals surface area contributed by atoms with Crippen molar-refractivity contribution in [2.24, 2.45) is 0 Å². The van der Waals surface area contributed by atoms with Gasteiger partial charge in [0, 0.05) is 18.6 Å². The van der Waals surface area contributed by atoms with Crippen molar-refractivity contribution in [1.82, 2.24) is 4.90 Å². The SMILES string of the molecule is COc1ccc2c(c1)C(N(CCC(=O)O)C1CC1)CCC2. The van der Waals surface area contributed by atoms with Gasteiger partial charge in [0.25, 0.3) is 0 Å². The second kappa shape index (κ2) is 6.06. The molecule has 0 saturated heterocycles. The van der Waals surface area contributed by atoms with Crippen LogP contribution in [0, 0.1) is 0 Å². The van der Waals surface area contributed by atoms with Crippen LogP contribution in [0.5, 0.6) is 5.75 Å². The van der Waals surface area contributed by atoms with Gasteiger partial charge in [-0.1, -0.05) is 6.07 Å². The predicted octanol–water partition coefficient (Wildman–Crippen LogP) is 3.01. The highest BCUT2D eigenvalue weighted by Gasteiger charge is 2.36. The molecule has 3 rings (SSSR count).